The molecule has 1 aromatic heterocycles. The minimum atomic E-state index is -3.91. The highest BCUT2D eigenvalue weighted by Crippen LogP contribution is 2.48. The van der Waals surface area contributed by atoms with Crippen LogP contribution in [-0.2, 0) is 19.4 Å². The molecule has 2 atom stereocenters. The monoisotopic (exact) mass is 379 g/mol. The van der Waals surface area contributed by atoms with E-state index in [0.717, 1.165) is 4.90 Å². The van der Waals surface area contributed by atoms with E-state index in [2.05, 4.69) is 10.3 Å². The molecule has 26 heavy (non-hydrogen) atoms. The van der Waals surface area contributed by atoms with Crippen LogP contribution in [0.2, 0.25) is 0 Å². The predicted molar refractivity (Wildman–Crippen MR) is 92.8 cm³/mol. The molecule has 2 saturated heterocycles. The molecule has 3 rings (SSSR count). The van der Waals surface area contributed by atoms with E-state index in [1.807, 2.05) is 0 Å². The van der Waals surface area contributed by atoms with Crippen molar-refractivity contribution in [1.29, 1.82) is 5.41 Å². The summed E-state index contributed by atoms with van der Waals surface area (Å²) in [7, 11) is -3.91. The molecule has 1 amide bonds. The Labute approximate surface area is 149 Å². The normalized spacial score (nSPS) is 26.9. The van der Waals surface area contributed by atoms with Gasteiger partial charge in [-0.3, -0.25) is 15.2 Å². The maximum absolute atomic E-state index is 12.7. The fourth-order valence-corrected chi connectivity index (χ4v) is 5.34. The highest BCUT2D eigenvalue weighted by atomic mass is 32.2. The van der Waals surface area contributed by atoms with Gasteiger partial charge in [-0.05, 0) is 32.1 Å². The lowest BCUT2D eigenvalue weighted by atomic mass is 9.95. The van der Waals surface area contributed by atoms with Gasteiger partial charge in [0, 0.05) is 0 Å². The van der Waals surface area contributed by atoms with Crippen molar-refractivity contribution in [3.63, 3.8) is 0 Å². The van der Waals surface area contributed by atoms with E-state index in [1.54, 1.807) is 6.07 Å². The van der Waals surface area contributed by atoms with Crippen molar-refractivity contribution in [2.45, 2.75) is 30.0 Å². The van der Waals surface area contributed by atoms with Gasteiger partial charge in [-0.15, -0.1) is 0 Å². The topological polar surface area (TPSA) is 167 Å². The number of aliphatic carboxylic acids is 1. The Balaban J connectivity index is 1.97. The van der Waals surface area contributed by atoms with E-state index in [-0.39, 0.29) is 11.5 Å². The Bertz CT molecular complexity index is 951. The Hall–Kier alpha value is -2.95. The number of nitrogens with zero attached hydrogens (tertiary/aromatic N) is 2. The second-order valence-corrected chi connectivity index (χ2v) is 9.15. The standard InChI is InChI=1S/C15H17N5O5S/c1-15(2)10(13(22)23)20-11(21)9(12(20)26(15,24)25)5-7-3-4-8(6-18-7)19-14(16)17/h3-6,10,12H,1-2H3,(H,22,23)(H4,16,17,19)/b9-5-/t10-,12+/m0/s1. The van der Waals surface area contributed by atoms with Crippen LogP contribution in [0.3, 0.4) is 0 Å². The predicted octanol–water partition coefficient (Wildman–Crippen LogP) is -0.401. The number of fused-ring (bicyclic) bond motifs is 1. The molecule has 0 spiro atoms. The minimum Gasteiger partial charge on any atom is -0.480 e. The van der Waals surface area contributed by atoms with E-state index in [1.165, 1.54) is 32.2 Å². The number of carbonyl (C=O) groups excluding carboxylic acids is 1. The fourth-order valence-electron chi connectivity index (χ4n) is 3.22. The molecule has 0 saturated carbocycles. The summed E-state index contributed by atoms with van der Waals surface area (Å²) in [6.07, 6.45) is 2.71. The molecule has 11 heteroatoms. The lowest BCUT2D eigenvalue weighted by Gasteiger charge is -2.37. The van der Waals surface area contributed by atoms with Crippen molar-refractivity contribution in [2.75, 3.05) is 5.32 Å². The van der Waals surface area contributed by atoms with Gasteiger partial charge in [0.25, 0.3) is 5.91 Å². The Morgan fingerprint density at radius 2 is 2.12 bits per heavy atom. The van der Waals surface area contributed by atoms with Crippen LogP contribution in [0.4, 0.5) is 5.69 Å². The van der Waals surface area contributed by atoms with Crippen molar-refractivity contribution in [3.05, 3.63) is 29.6 Å². The molecule has 2 aliphatic heterocycles. The van der Waals surface area contributed by atoms with Crippen LogP contribution in [0.1, 0.15) is 19.5 Å². The average molecular weight is 379 g/mol. The van der Waals surface area contributed by atoms with E-state index >= 15 is 0 Å². The zero-order valence-corrected chi connectivity index (χ0v) is 14.7. The van der Waals surface area contributed by atoms with E-state index in [9.17, 15) is 23.1 Å². The van der Waals surface area contributed by atoms with E-state index < -0.39 is 37.9 Å². The number of pyridine rings is 1. The number of anilines is 1. The van der Waals surface area contributed by atoms with Crippen molar-refractivity contribution < 1.29 is 23.1 Å². The van der Waals surface area contributed by atoms with Gasteiger partial charge >= 0.3 is 5.97 Å². The third kappa shape index (κ3) is 2.35. The van der Waals surface area contributed by atoms with Crippen LogP contribution in [0, 0.1) is 5.41 Å². The third-order valence-corrected chi connectivity index (χ3v) is 7.33. The molecule has 0 radical (unpaired) electrons. The van der Waals surface area contributed by atoms with Crippen LogP contribution >= 0.6 is 0 Å². The van der Waals surface area contributed by atoms with Crippen LogP contribution in [0.5, 0.6) is 0 Å². The smallest absolute Gasteiger partial charge is 0.328 e. The number of amides is 1. The number of nitrogens with two attached hydrogens (primary N) is 1. The van der Waals surface area contributed by atoms with Crippen LogP contribution in [0.15, 0.2) is 23.9 Å². The number of hydrogen-bond acceptors (Lipinski definition) is 6. The number of rotatable bonds is 3. The molecule has 0 aromatic carbocycles. The maximum atomic E-state index is 12.7. The first-order valence-corrected chi connectivity index (χ1v) is 9.10. The molecule has 0 aliphatic carbocycles. The second-order valence-electron chi connectivity index (χ2n) is 6.56. The first kappa shape index (κ1) is 17.9. The van der Waals surface area contributed by atoms with Crippen LogP contribution in [0.25, 0.3) is 6.08 Å². The summed E-state index contributed by atoms with van der Waals surface area (Å²) in [4.78, 5) is 28.9. The van der Waals surface area contributed by atoms with Crippen molar-refractivity contribution in [2.24, 2.45) is 5.73 Å². The van der Waals surface area contributed by atoms with Gasteiger partial charge < -0.3 is 21.1 Å². The van der Waals surface area contributed by atoms with Crippen molar-refractivity contribution >= 4 is 39.4 Å². The molecule has 5 N–H and O–H groups in total. The van der Waals surface area contributed by atoms with Gasteiger partial charge in [-0.1, -0.05) is 0 Å². The molecule has 1 aromatic rings. The summed E-state index contributed by atoms with van der Waals surface area (Å²) < 4.78 is 23.9. The molecule has 3 heterocycles. The molecular weight excluding hydrogens is 362 g/mol. The van der Waals surface area contributed by atoms with Crippen molar-refractivity contribution in [3.8, 4) is 0 Å². The first-order chi connectivity index (χ1) is 12.0. The quantitative estimate of drug-likeness (QED) is 0.238. The van der Waals surface area contributed by atoms with Gasteiger partial charge in [0.15, 0.2) is 27.2 Å². The molecule has 0 unspecified atom stereocenters. The third-order valence-electron chi connectivity index (χ3n) is 4.57. The summed E-state index contributed by atoms with van der Waals surface area (Å²) in [5.74, 6) is -2.25. The highest BCUT2D eigenvalue weighted by molar-refractivity contribution is 7.94. The minimum absolute atomic E-state index is 0.0124. The maximum Gasteiger partial charge on any atom is 0.328 e. The number of carboxylic acid groups (broad SMARTS) is 1. The molecule has 2 fully saturated rings. The van der Waals surface area contributed by atoms with Crippen LogP contribution in [-0.4, -0.2) is 57.4 Å². The largest absolute Gasteiger partial charge is 0.480 e. The number of sulfone groups is 1. The van der Waals surface area contributed by atoms with E-state index in [4.69, 9.17) is 11.1 Å². The number of β-lactam (4-membered cyclic amide) rings is 1. The van der Waals surface area contributed by atoms with Gasteiger partial charge in [0.05, 0.1) is 23.2 Å². The van der Waals surface area contributed by atoms with Gasteiger partial charge in [-0.2, -0.15) is 0 Å². The molecule has 0 bridgehead atoms. The average Bonchev–Trinajstić information content (AvgIpc) is 2.67. The summed E-state index contributed by atoms with van der Waals surface area (Å²) in [5, 5.41) is 17.8. The van der Waals surface area contributed by atoms with Crippen LogP contribution < -0.4 is 11.1 Å². The number of carbonyl (C=O) groups is 2. The lowest BCUT2D eigenvalue weighted by molar-refractivity contribution is -0.152. The second kappa shape index (κ2) is 5.53. The summed E-state index contributed by atoms with van der Waals surface area (Å²) in [5.41, 5.74) is 5.99. The lowest BCUT2D eigenvalue weighted by Crippen LogP contribution is -2.58. The zero-order valence-electron chi connectivity index (χ0n) is 13.9. The SMILES string of the molecule is CC1(C)[C@H](C(=O)O)N2C(=O)/C(=C/c3ccc(NC(=N)N)cn3)[C@H]2S1(=O)=O. The molecular formula is C15H17N5O5S. The highest BCUT2D eigenvalue weighted by Gasteiger charge is 2.70. The number of guanidine groups is 1. The zero-order chi connectivity index (χ0) is 19.4. The number of aromatic nitrogens is 1. The Kier molecular flexibility index (Phi) is 3.80. The molecule has 2 aliphatic rings. The number of carboxylic acids is 1. The van der Waals surface area contributed by atoms with Gasteiger partial charge in [-0.25, -0.2) is 13.2 Å². The number of nitrogens with one attached hydrogen (secondary N) is 2. The first-order valence-electron chi connectivity index (χ1n) is 7.56. The van der Waals surface area contributed by atoms with Gasteiger partial charge in [0.1, 0.15) is 4.75 Å². The van der Waals surface area contributed by atoms with E-state index in [0.29, 0.717) is 11.4 Å². The number of hydrogen-bond donors (Lipinski definition) is 4. The molecule has 138 valence electrons. The van der Waals surface area contributed by atoms with Crippen molar-refractivity contribution in [1.82, 2.24) is 9.88 Å². The Morgan fingerprint density at radius 1 is 1.46 bits per heavy atom. The van der Waals surface area contributed by atoms with Gasteiger partial charge in [0.2, 0.25) is 0 Å². The molecule has 10 nitrogen and oxygen atoms in total. The summed E-state index contributed by atoms with van der Waals surface area (Å²) in [6.45, 7) is 2.62. The summed E-state index contributed by atoms with van der Waals surface area (Å²) >= 11 is 0. The summed E-state index contributed by atoms with van der Waals surface area (Å²) in [6, 6.07) is 1.65. The fraction of sp³-hybridized carbons (Fsp3) is 0.333. The Morgan fingerprint density at radius 3 is 2.62 bits per heavy atom.